The molecule has 9 rings (SSSR count). The summed E-state index contributed by atoms with van der Waals surface area (Å²) in [6, 6.07) is 15.3. The van der Waals surface area contributed by atoms with Crippen molar-refractivity contribution < 1.29 is 34.1 Å². The Morgan fingerprint density at radius 1 is 0.615 bits per heavy atom. The van der Waals surface area contributed by atoms with Crippen LogP contribution in [0.4, 0.5) is 0 Å². The number of carboxylic acid groups (broad SMARTS) is 1. The van der Waals surface area contributed by atoms with E-state index in [0.717, 1.165) is 10.8 Å². The highest BCUT2D eigenvalue weighted by atomic mass is 16.6. The van der Waals surface area contributed by atoms with Gasteiger partial charge in [-0.05, 0) is 60.7 Å². The van der Waals surface area contributed by atoms with Crippen molar-refractivity contribution in [1.82, 2.24) is 45.1 Å². The number of benzene rings is 3. The van der Waals surface area contributed by atoms with Crippen LogP contribution in [0, 0.1) is 0 Å². The number of aromatic carboxylic acids is 1. The Hall–Kier alpha value is -8.87. The van der Waals surface area contributed by atoms with Crippen molar-refractivity contribution >= 4 is 50.6 Å². The minimum atomic E-state index is -1.73. The number of aromatic nitrogens is 9. The van der Waals surface area contributed by atoms with Crippen molar-refractivity contribution in [1.29, 1.82) is 0 Å². The summed E-state index contributed by atoms with van der Waals surface area (Å²) in [5.74, 6) is -6.63. The van der Waals surface area contributed by atoms with Gasteiger partial charge in [-0.1, -0.05) is 45.0 Å². The highest BCUT2D eigenvalue weighted by Crippen LogP contribution is 2.37. The van der Waals surface area contributed by atoms with Crippen LogP contribution in [0.5, 0.6) is 17.2 Å². The predicted molar refractivity (Wildman–Crippen MR) is 238 cm³/mol. The molecule has 0 aliphatic heterocycles. The van der Waals surface area contributed by atoms with Crippen molar-refractivity contribution in [2.45, 2.75) is 40.0 Å². The Kier molecular flexibility index (Phi) is 10.3. The molecule has 0 aliphatic rings. The molecule has 0 spiro atoms. The van der Waals surface area contributed by atoms with E-state index in [1.165, 1.54) is 0 Å². The van der Waals surface area contributed by atoms with Gasteiger partial charge in [0.2, 0.25) is 0 Å². The topological polar surface area (TPSA) is 284 Å². The maximum atomic E-state index is 14.6. The number of hydrogen-bond donors (Lipinski definition) is 7. The number of nitrogens with zero attached hydrogens (tertiary/aromatic N) is 4. The van der Waals surface area contributed by atoms with Crippen LogP contribution in [0.25, 0.3) is 66.5 Å². The summed E-state index contributed by atoms with van der Waals surface area (Å²) in [6.07, 6.45) is 5.11. The highest BCUT2D eigenvalue weighted by Gasteiger charge is 2.33. The largest absolute Gasteiger partial charge is 0.506 e. The Balaban J connectivity index is 1.20. The van der Waals surface area contributed by atoms with Crippen LogP contribution >= 0.6 is 0 Å². The SMILES string of the molecule is CCc1c(-c2ccc3nn(C)cc3c2)[nH]c(=O)c(C(=O)Oc2c(CC)c(-c3ccc4[nH]ncc4c3)[nH]c(=O)c2C(=O)Oc2c(CC)c(-c3ccc4cn[nH]c4c3)[nH]c(=O)c2C(=O)O)c1O. The van der Waals surface area contributed by atoms with E-state index < -0.39 is 68.5 Å². The third-order valence-corrected chi connectivity index (χ3v) is 11.3. The van der Waals surface area contributed by atoms with E-state index in [1.54, 1.807) is 106 Å². The molecular weight excluding hydrogens is 839 g/mol. The van der Waals surface area contributed by atoms with Gasteiger partial charge in [0.05, 0.1) is 46.0 Å². The number of nitrogens with one attached hydrogen (secondary N) is 5. The second-order valence-electron chi connectivity index (χ2n) is 15.1. The Bertz CT molecular complexity index is 3650. The van der Waals surface area contributed by atoms with Crippen LogP contribution in [-0.2, 0) is 26.3 Å². The molecule has 9 aromatic rings. The standard InChI is InChI=1S/C46H37N9O10/c1-5-26-35(21-11-13-30-25(15-21)19-55(4)54-30)49-41(57)32(38(26)56)45(62)65-40-28(7-3)36(20-10-12-29-24(14-20)18-48-52-29)51-43(59)34(40)46(63)64-39-27(6-2)37(50-42(58)33(39)44(60)61)22-8-9-23-17-47-53-31(23)16-22/h8-19H,5-7H2,1-4H3,(H,47,53)(H,48,52)(H,50,58)(H,51,59)(H,60,61)(H2,49,56,57). The maximum Gasteiger partial charge on any atom is 0.353 e. The smallest absolute Gasteiger partial charge is 0.353 e. The molecule has 19 nitrogen and oxygen atoms in total. The minimum Gasteiger partial charge on any atom is -0.506 e. The van der Waals surface area contributed by atoms with Gasteiger partial charge in [-0.15, -0.1) is 0 Å². The zero-order valence-electron chi connectivity index (χ0n) is 35.0. The molecule has 0 unspecified atom stereocenters. The number of ether oxygens (including phenoxy) is 2. The van der Waals surface area contributed by atoms with Crippen LogP contribution in [0.1, 0.15) is 68.5 Å². The van der Waals surface area contributed by atoms with E-state index >= 15 is 0 Å². The third-order valence-electron chi connectivity index (χ3n) is 11.3. The first kappa shape index (κ1) is 41.5. The molecule has 0 aliphatic carbocycles. The number of hydrogen-bond acceptors (Lipinski definition) is 12. The number of aromatic hydroxyl groups is 1. The molecule has 6 aromatic heterocycles. The number of H-pyrrole nitrogens is 5. The lowest BCUT2D eigenvalue weighted by molar-refractivity contribution is 0.0677. The first-order valence-corrected chi connectivity index (χ1v) is 20.3. The quantitative estimate of drug-likeness (QED) is 0.0744. The summed E-state index contributed by atoms with van der Waals surface area (Å²) in [4.78, 5) is 91.5. The summed E-state index contributed by atoms with van der Waals surface area (Å²) in [7, 11) is 1.76. The number of rotatable bonds is 11. The number of carboxylic acids is 1. The van der Waals surface area contributed by atoms with Gasteiger partial charge in [-0.25, -0.2) is 14.4 Å². The molecule has 0 saturated heterocycles. The van der Waals surface area contributed by atoms with Crippen LogP contribution < -0.4 is 26.2 Å². The van der Waals surface area contributed by atoms with E-state index in [9.17, 15) is 39.0 Å². The van der Waals surface area contributed by atoms with Gasteiger partial charge >= 0.3 is 17.9 Å². The van der Waals surface area contributed by atoms with Crippen LogP contribution in [0.15, 0.2) is 87.6 Å². The lowest BCUT2D eigenvalue weighted by atomic mass is 9.98. The fraction of sp³-hybridized carbons (Fsp3) is 0.152. The number of esters is 2. The predicted octanol–water partition coefficient (Wildman–Crippen LogP) is 5.92. The summed E-state index contributed by atoms with van der Waals surface area (Å²) in [5.41, 5.74) is -1.69. The fourth-order valence-corrected chi connectivity index (χ4v) is 8.20. The van der Waals surface area contributed by atoms with Crippen molar-refractivity contribution in [3.63, 3.8) is 0 Å². The minimum absolute atomic E-state index is 0.00254. The first-order chi connectivity index (χ1) is 31.3. The molecule has 0 atom stereocenters. The van der Waals surface area contributed by atoms with E-state index in [4.69, 9.17) is 9.47 Å². The summed E-state index contributed by atoms with van der Waals surface area (Å²) >= 11 is 0. The van der Waals surface area contributed by atoms with Crippen LogP contribution in [0.2, 0.25) is 0 Å². The molecule has 0 bridgehead atoms. The third kappa shape index (κ3) is 7.09. The number of pyridine rings is 3. The van der Waals surface area contributed by atoms with E-state index in [1.807, 2.05) is 0 Å². The lowest BCUT2D eigenvalue weighted by Gasteiger charge is -2.19. The number of aryl methyl sites for hydroxylation is 1. The van der Waals surface area contributed by atoms with Crippen molar-refractivity contribution in [3.05, 3.63) is 138 Å². The fourth-order valence-electron chi connectivity index (χ4n) is 8.20. The number of fused-ring (bicyclic) bond motifs is 3. The molecule has 0 amide bonds. The molecule has 0 fully saturated rings. The van der Waals surface area contributed by atoms with Gasteiger partial charge in [0.1, 0.15) is 5.75 Å². The molecular formula is C46H37N9O10. The average molecular weight is 876 g/mol. The van der Waals surface area contributed by atoms with Crippen LogP contribution in [0.3, 0.4) is 0 Å². The molecule has 326 valence electrons. The highest BCUT2D eigenvalue weighted by molar-refractivity contribution is 6.01. The molecule has 6 heterocycles. The average Bonchev–Trinajstić information content (AvgIpc) is 4.04. The molecule has 19 heteroatoms. The Labute approximate surface area is 364 Å². The molecule has 65 heavy (non-hydrogen) atoms. The lowest BCUT2D eigenvalue weighted by Crippen LogP contribution is -2.30. The normalized spacial score (nSPS) is 11.4. The van der Waals surface area contributed by atoms with Gasteiger partial charge in [0.15, 0.2) is 28.2 Å². The van der Waals surface area contributed by atoms with Gasteiger partial charge in [-0.2, -0.15) is 15.3 Å². The molecule has 0 saturated carbocycles. The monoisotopic (exact) mass is 875 g/mol. The van der Waals surface area contributed by atoms with E-state index in [2.05, 4.69) is 40.4 Å². The molecule has 0 radical (unpaired) electrons. The number of aromatic amines is 5. The van der Waals surface area contributed by atoms with Gasteiger partial charge < -0.3 is 34.6 Å². The molecule has 3 aromatic carbocycles. The van der Waals surface area contributed by atoms with E-state index in [-0.39, 0.29) is 53.0 Å². The van der Waals surface area contributed by atoms with Crippen LogP contribution in [-0.4, -0.2) is 73.2 Å². The second-order valence-corrected chi connectivity index (χ2v) is 15.1. The maximum absolute atomic E-state index is 14.6. The summed E-state index contributed by atoms with van der Waals surface area (Å²) < 4.78 is 13.4. The number of carbonyl (C=O) groups is 3. The van der Waals surface area contributed by atoms with Crippen molar-refractivity contribution in [2.75, 3.05) is 0 Å². The first-order valence-electron chi connectivity index (χ1n) is 20.3. The van der Waals surface area contributed by atoms with Gasteiger partial charge in [0.25, 0.3) is 16.7 Å². The summed E-state index contributed by atoms with van der Waals surface area (Å²) in [6.45, 7) is 5.01. The van der Waals surface area contributed by atoms with Gasteiger partial charge in [-0.3, -0.25) is 29.3 Å². The number of carbonyl (C=O) groups excluding carboxylic acids is 2. The summed E-state index contributed by atoms with van der Waals surface area (Å²) in [5, 5.41) is 42.3. The van der Waals surface area contributed by atoms with E-state index in [0.29, 0.717) is 38.6 Å². The zero-order valence-corrected chi connectivity index (χ0v) is 35.0. The van der Waals surface area contributed by atoms with Gasteiger partial charge in [0, 0.05) is 51.7 Å². The Morgan fingerprint density at radius 3 is 1.77 bits per heavy atom. The second kappa shape index (κ2) is 16.1. The zero-order chi connectivity index (χ0) is 45.8. The van der Waals surface area contributed by atoms with Crippen molar-refractivity contribution in [3.8, 4) is 51.0 Å². The van der Waals surface area contributed by atoms with Crippen molar-refractivity contribution in [2.24, 2.45) is 7.05 Å². The Morgan fingerprint density at radius 2 is 1.12 bits per heavy atom. The molecule has 7 N–H and O–H groups in total.